The fraction of sp³-hybridized carbons (Fsp3) is 0.500. The molecule has 116 valence electrons. The summed E-state index contributed by atoms with van der Waals surface area (Å²) in [6, 6.07) is 2.54. The smallest absolute Gasteiger partial charge is 0.321 e. The number of rotatable bonds is 8. The summed E-state index contributed by atoms with van der Waals surface area (Å²) in [5.74, 6) is -1.15. The number of esters is 1. The van der Waals surface area contributed by atoms with E-state index in [0.29, 0.717) is 0 Å². The zero-order valence-corrected chi connectivity index (χ0v) is 11.8. The first-order valence-electron chi connectivity index (χ1n) is 6.18. The molecule has 1 aromatic heterocycles. The molecule has 0 saturated heterocycles. The molecular weight excluding hydrogens is 282 g/mol. The number of amides is 1. The van der Waals surface area contributed by atoms with E-state index in [1.54, 1.807) is 0 Å². The van der Waals surface area contributed by atoms with Crippen molar-refractivity contribution in [3.8, 4) is 0 Å². The highest BCUT2D eigenvalue weighted by Crippen LogP contribution is 2.12. The van der Waals surface area contributed by atoms with E-state index < -0.39 is 16.8 Å². The molecule has 9 heteroatoms. The Morgan fingerprint density at radius 2 is 2.05 bits per heavy atom. The monoisotopic (exact) mass is 299 g/mol. The molecule has 1 N–H and O–H groups in total. The number of nitrogens with one attached hydrogen (secondary N) is 1. The summed E-state index contributed by atoms with van der Waals surface area (Å²) in [4.78, 5) is 37.2. The van der Waals surface area contributed by atoms with E-state index in [4.69, 9.17) is 4.74 Å². The SMILES string of the molecule is COCCN(CCC(=O)OC)C(=O)c1ccc([N+](=O)[O-])[nH]1. The average Bonchev–Trinajstić information content (AvgIpc) is 2.96. The third-order valence-corrected chi connectivity index (χ3v) is 2.76. The van der Waals surface area contributed by atoms with Gasteiger partial charge in [0.2, 0.25) is 0 Å². The van der Waals surface area contributed by atoms with Crippen LogP contribution in [0.1, 0.15) is 16.9 Å². The summed E-state index contributed by atoms with van der Waals surface area (Å²) in [5.41, 5.74) is 0.0858. The first kappa shape index (κ1) is 16.6. The number of nitro groups is 1. The zero-order chi connectivity index (χ0) is 15.8. The van der Waals surface area contributed by atoms with Gasteiger partial charge in [0.05, 0.1) is 20.1 Å². The molecule has 0 saturated carbocycles. The van der Waals surface area contributed by atoms with E-state index in [0.717, 1.165) is 0 Å². The molecule has 0 atom stereocenters. The van der Waals surface area contributed by atoms with Crippen LogP contribution in [0.25, 0.3) is 0 Å². The second kappa shape index (κ2) is 8.00. The Morgan fingerprint density at radius 3 is 2.57 bits per heavy atom. The van der Waals surface area contributed by atoms with Crippen molar-refractivity contribution in [3.05, 3.63) is 27.9 Å². The fourth-order valence-corrected chi connectivity index (χ4v) is 1.63. The number of carbonyl (C=O) groups is 2. The Hall–Kier alpha value is -2.42. The molecule has 1 amide bonds. The van der Waals surface area contributed by atoms with Crippen LogP contribution < -0.4 is 0 Å². The van der Waals surface area contributed by atoms with Crippen LogP contribution in [-0.2, 0) is 14.3 Å². The van der Waals surface area contributed by atoms with Gasteiger partial charge < -0.3 is 24.5 Å². The quantitative estimate of drug-likeness (QED) is 0.426. The van der Waals surface area contributed by atoms with Gasteiger partial charge in [-0.2, -0.15) is 0 Å². The highest BCUT2D eigenvalue weighted by Gasteiger charge is 2.22. The first-order valence-corrected chi connectivity index (χ1v) is 6.18. The first-order chi connectivity index (χ1) is 9.99. The van der Waals surface area contributed by atoms with Crippen LogP contribution in [-0.4, -0.2) is 60.6 Å². The second-order valence-corrected chi connectivity index (χ2v) is 4.13. The zero-order valence-electron chi connectivity index (χ0n) is 11.8. The molecule has 0 unspecified atom stereocenters. The van der Waals surface area contributed by atoms with Crippen LogP contribution >= 0.6 is 0 Å². The van der Waals surface area contributed by atoms with Crippen LogP contribution in [0.5, 0.6) is 0 Å². The summed E-state index contributed by atoms with van der Waals surface area (Å²) in [6.07, 6.45) is 0.0365. The van der Waals surface area contributed by atoms with Crippen molar-refractivity contribution in [1.29, 1.82) is 0 Å². The number of methoxy groups -OCH3 is 2. The van der Waals surface area contributed by atoms with E-state index in [1.807, 2.05) is 0 Å². The maximum Gasteiger partial charge on any atom is 0.321 e. The topological polar surface area (TPSA) is 115 Å². The van der Waals surface area contributed by atoms with E-state index in [1.165, 1.54) is 31.3 Å². The van der Waals surface area contributed by atoms with E-state index in [-0.39, 0.29) is 37.6 Å². The van der Waals surface area contributed by atoms with Crippen LogP contribution in [0.15, 0.2) is 12.1 Å². The molecule has 0 fully saturated rings. The normalized spacial score (nSPS) is 10.2. The van der Waals surface area contributed by atoms with Crippen molar-refractivity contribution in [3.63, 3.8) is 0 Å². The molecule has 0 aromatic carbocycles. The number of aromatic nitrogens is 1. The van der Waals surface area contributed by atoms with E-state index in [2.05, 4.69) is 9.72 Å². The van der Waals surface area contributed by atoms with Crippen molar-refractivity contribution in [2.75, 3.05) is 33.9 Å². The Labute approximate surface area is 121 Å². The number of ether oxygens (including phenoxy) is 2. The molecule has 0 aliphatic heterocycles. The van der Waals surface area contributed by atoms with Crippen molar-refractivity contribution in [2.24, 2.45) is 0 Å². The van der Waals surface area contributed by atoms with Gasteiger partial charge in [0, 0.05) is 26.3 Å². The van der Waals surface area contributed by atoms with Gasteiger partial charge in [-0.05, 0) is 11.0 Å². The van der Waals surface area contributed by atoms with Crippen LogP contribution in [0.4, 0.5) is 5.82 Å². The second-order valence-electron chi connectivity index (χ2n) is 4.13. The summed E-state index contributed by atoms with van der Waals surface area (Å²) in [6.45, 7) is 0.691. The summed E-state index contributed by atoms with van der Waals surface area (Å²) < 4.78 is 9.43. The van der Waals surface area contributed by atoms with Crippen LogP contribution in [0, 0.1) is 10.1 Å². The van der Waals surface area contributed by atoms with Crippen LogP contribution in [0.3, 0.4) is 0 Å². The fourth-order valence-electron chi connectivity index (χ4n) is 1.63. The molecule has 0 bridgehead atoms. The Balaban J connectivity index is 2.77. The third kappa shape index (κ3) is 4.88. The minimum absolute atomic E-state index is 0.0365. The van der Waals surface area contributed by atoms with Gasteiger partial charge >= 0.3 is 11.8 Å². The number of hydrogen-bond donors (Lipinski definition) is 1. The molecule has 1 rings (SSSR count). The maximum absolute atomic E-state index is 12.3. The molecule has 1 heterocycles. The van der Waals surface area contributed by atoms with Gasteiger partial charge in [-0.15, -0.1) is 0 Å². The minimum atomic E-state index is -0.620. The van der Waals surface area contributed by atoms with Crippen molar-refractivity contribution in [1.82, 2.24) is 9.88 Å². The molecular formula is C12H17N3O6. The molecule has 9 nitrogen and oxygen atoms in total. The van der Waals surface area contributed by atoms with Gasteiger partial charge in [-0.3, -0.25) is 9.59 Å². The molecule has 0 aliphatic carbocycles. The van der Waals surface area contributed by atoms with Gasteiger partial charge in [-0.1, -0.05) is 0 Å². The summed E-state index contributed by atoms with van der Waals surface area (Å²) in [7, 11) is 2.75. The summed E-state index contributed by atoms with van der Waals surface area (Å²) >= 11 is 0. The standard InChI is InChI=1S/C12H17N3O6/c1-20-8-7-14(6-5-11(16)21-2)12(17)9-3-4-10(13-9)15(18)19/h3-4,13H,5-8H2,1-2H3. The number of H-pyrrole nitrogens is 1. The van der Waals surface area contributed by atoms with Crippen molar-refractivity contribution < 1.29 is 24.0 Å². The lowest BCUT2D eigenvalue weighted by molar-refractivity contribution is -0.389. The lowest BCUT2D eigenvalue weighted by Crippen LogP contribution is -2.36. The Bertz CT molecular complexity index is 513. The van der Waals surface area contributed by atoms with Gasteiger partial charge in [-0.25, -0.2) is 4.98 Å². The largest absolute Gasteiger partial charge is 0.469 e. The predicted molar refractivity (Wildman–Crippen MR) is 71.9 cm³/mol. The third-order valence-electron chi connectivity index (χ3n) is 2.76. The lowest BCUT2D eigenvalue weighted by atomic mass is 10.3. The number of nitrogens with zero attached hydrogens (tertiary/aromatic N) is 2. The number of aromatic amines is 1. The molecule has 0 radical (unpaired) electrons. The number of hydrogen-bond acceptors (Lipinski definition) is 6. The van der Waals surface area contributed by atoms with Crippen molar-refractivity contribution >= 4 is 17.7 Å². The van der Waals surface area contributed by atoms with Crippen LogP contribution in [0.2, 0.25) is 0 Å². The van der Waals surface area contributed by atoms with Crippen molar-refractivity contribution in [2.45, 2.75) is 6.42 Å². The van der Waals surface area contributed by atoms with E-state index in [9.17, 15) is 19.7 Å². The minimum Gasteiger partial charge on any atom is -0.469 e. The molecule has 21 heavy (non-hydrogen) atoms. The van der Waals surface area contributed by atoms with Gasteiger partial charge in [0.15, 0.2) is 5.69 Å². The summed E-state index contributed by atoms with van der Waals surface area (Å²) in [5, 5.41) is 10.6. The Kier molecular flexibility index (Phi) is 6.34. The lowest BCUT2D eigenvalue weighted by Gasteiger charge is -2.20. The highest BCUT2D eigenvalue weighted by molar-refractivity contribution is 5.93. The maximum atomic E-state index is 12.3. The molecule has 1 aromatic rings. The van der Waals surface area contributed by atoms with Gasteiger partial charge in [0.25, 0.3) is 5.91 Å². The highest BCUT2D eigenvalue weighted by atomic mass is 16.6. The Morgan fingerprint density at radius 1 is 1.33 bits per heavy atom. The van der Waals surface area contributed by atoms with E-state index >= 15 is 0 Å². The average molecular weight is 299 g/mol. The van der Waals surface area contributed by atoms with Gasteiger partial charge in [0.1, 0.15) is 0 Å². The molecule has 0 spiro atoms. The predicted octanol–water partition coefficient (Wildman–Crippen LogP) is 0.575. The number of carbonyl (C=O) groups excluding carboxylic acids is 2. The molecule has 0 aliphatic rings.